The van der Waals surface area contributed by atoms with Crippen molar-refractivity contribution >= 4 is 22.0 Å². The average Bonchev–Trinajstić information content (AvgIpc) is 2.94. The summed E-state index contributed by atoms with van der Waals surface area (Å²) in [5, 5.41) is 4.78. The van der Waals surface area contributed by atoms with Gasteiger partial charge in [0.05, 0.1) is 17.9 Å². The van der Waals surface area contributed by atoms with Crippen LogP contribution in [0.3, 0.4) is 0 Å². The van der Waals surface area contributed by atoms with Gasteiger partial charge in [-0.3, -0.25) is 4.40 Å². The van der Waals surface area contributed by atoms with Crippen LogP contribution in [-0.2, 0) is 6.54 Å². The predicted octanol–water partition coefficient (Wildman–Crippen LogP) is 3.73. The molecule has 0 atom stereocenters. The van der Waals surface area contributed by atoms with Crippen LogP contribution in [0.25, 0.3) is 4.96 Å². The van der Waals surface area contributed by atoms with E-state index in [0.717, 1.165) is 28.5 Å². The van der Waals surface area contributed by atoms with E-state index in [2.05, 4.69) is 10.3 Å². The molecular formula is C13H10F3N3S. The minimum absolute atomic E-state index is 0.186. The fourth-order valence-electron chi connectivity index (χ4n) is 2.00. The fourth-order valence-corrected chi connectivity index (χ4v) is 2.78. The van der Waals surface area contributed by atoms with E-state index in [9.17, 15) is 13.2 Å². The summed E-state index contributed by atoms with van der Waals surface area (Å²) in [6, 6.07) is 1.86. The first-order valence-electron chi connectivity index (χ1n) is 5.85. The summed E-state index contributed by atoms with van der Waals surface area (Å²) in [6.07, 6.45) is 1.88. The molecule has 104 valence electrons. The molecule has 0 aliphatic rings. The van der Waals surface area contributed by atoms with Crippen molar-refractivity contribution in [3.63, 3.8) is 0 Å². The second-order valence-corrected chi connectivity index (χ2v) is 5.18. The number of anilines is 1. The molecule has 3 nitrogen and oxygen atoms in total. The number of nitrogens with zero attached hydrogens (tertiary/aromatic N) is 2. The lowest BCUT2D eigenvalue weighted by Crippen LogP contribution is -2.05. The van der Waals surface area contributed by atoms with Crippen LogP contribution in [0.4, 0.5) is 18.9 Å². The Morgan fingerprint density at radius 3 is 2.65 bits per heavy atom. The third-order valence-electron chi connectivity index (χ3n) is 3.01. The molecular weight excluding hydrogens is 287 g/mol. The normalized spacial score (nSPS) is 11.2. The summed E-state index contributed by atoms with van der Waals surface area (Å²) in [6.45, 7) is 2.21. The van der Waals surface area contributed by atoms with Gasteiger partial charge in [-0.1, -0.05) is 0 Å². The lowest BCUT2D eigenvalue weighted by Gasteiger charge is -2.07. The minimum Gasteiger partial charge on any atom is -0.379 e. The van der Waals surface area contributed by atoms with Crippen molar-refractivity contribution in [2.45, 2.75) is 13.5 Å². The molecule has 0 fully saturated rings. The van der Waals surface area contributed by atoms with Gasteiger partial charge in [0.2, 0.25) is 0 Å². The zero-order valence-corrected chi connectivity index (χ0v) is 11.3. The molecule has 0 saturated carbocycles. The molecule has 0 aliphatic heterocycles. The SMILES string of the molecule is Cc1nc2sccn2c1CNc1cc(F)c(F)c(F)c1. The second kappa shape index (κ2) is 4.82. The molecule has 2 heterocycles. The first kappa shape index (κ1) is 13.0. The van der Waals surface area contributed by atoms with Gasteiger partial charge in [-0.05, 0) is 6.92 Å². The van der Waals surface area contributed by atoms with Gasteiger partial charge in [-0.2, -0.15) is 0 Å². The monoisotopic (exact) mass is 297 g/mol. The first-order chi connectivity index (χ1) is 9.56. The zero-order chi connectivity index (χ0) is 14.3. The summed E-state index contributed by atoms with van der Waals surface area (Å²) < 4.78 is 41.0. The molecule has 1 aromatic carbocycles. The Hall–Kier alpha value is -2.02. The van der Waals surface area contributed by atoms with Gasteiger partial charge in [-0.15, -0.1) is 11.3 Å². The molecule has 7 heteroatoms. The van der Waals surface area contributed by atoms with Crippen molar-refractivity contribution in [2.75, 3.05) is 5.32 Å². The van der Waals surface area contributed by atoms with E-state index in [1.165, 1.54) is 11.3 Å². The van der Waals surface area contributed by atoms with Gasteiger partial charge < -0.3 is 5.32 Å². The van der Waals surface area contributed by atoms with E-state index in [1.807, 2.05) is 22.9 Å². The van der Waals surface area contributed by atoms with Crippen LogP contribution >= 0.6 is 11.3 Å². The predicted molar refractivity (Wildman–Crippen MR) is 71.4 cm³/mol. The largest absolute Gasteiger partial charge is 0.379 e. The number of aryl methyl sites for hydroxylation is 1. The van der Waals surface area contributed by atoms with Crippen molar-refractivity contribution in [1.82, 2.24) is 9.38 Å². The molecule has 1 N–H and O–H groups in total. The number of aromatic nitrogens is 2. The highest BCUT2D eigenvalue weighted by molar-refractivity contribution is 7.15. The maximum atomic E-state index is 13.1. The van der Waals surface area contributed by atoms with Gasteiger partial charge >= 0.3 is 0 Å². The fraction of sp³-hybridized carbons (Fsp3) is 0.154. The number of hydrogen-bond donors (Lipinski definition) is 1. The Kier molecular flexibility index (Phi) is 3.13. The Labute approximate surface area is 116 Å². The van der Waals surface area contributed by atoms with E-state index in [4.69, 9.17) is 0 Å². The molecule has 2 aromatic heterocycles. The first-order valence-corrected chi connectivity index (χ1v) is 6.73. The maximum absolute atomic E-state index is 13.1. The Morgan fingerprint density at radius 1 is 1.25 bits per heavy atom. The molecule has 0 unspecified atom stereocenters. The summed E-state index contributed by atoms with van der Waals surface area (Å²) in [4.78, 5) is 5.23. The van der Waals surface area contributed by atoms with Crippen molar-refractivity contribution in [2.24, 2.45) is 0 Å². The molecule has 0 bridgehead atoms. The van der Waals surface area contributed by atoms with Crippen LogP contribution < -0.4 is 5.32 Å². The molecule has 0 spiro atoms. The summed E-state index contributed by atoms with van der Waals surface area (Å²) in [5.74, 6) is -3.88. The number of halogens is 3. The third kappa shape index (κ3) is 2.14. The van der Waals surface area contributed by atoms with E-state index in [0.29, 0.717) is 6.54 Å². The highest BCUT2D eigenvalue weighted by Gasteiger charge is 2.12. The third-order valence-corrected chi connectivity index (χ3v) is 3.76. The standard InChI is InChI=1S/C13H10F3N3S/c1-7-11(19-2-3-20-13(19)18-7)6-17-8-4-9(14)12(16)10(15)5-8/h2-5,17H,6H2,1H3. The Balaban J connectivity index is 1.86. The highest BCUT2D eigenvalue weighted by Crippen LogP contribution is 2.20. The van der Waals surface area contributed by atoms with E-state index < -0.39 is 17.5 Å². The molecule has 0 amide bonds. The molecule has 0 aliphatic carbocycles. The molecule has 3 rings (SSSR count). The summed E-state index contributed by atoms with van der Waals surface area (Å²) in [5.41, 5.74) is 1.92. The van der Waals surface area contributed by atoms with Gasteiger partial charge in [-0.25, -0.2) is 18.2 Å². The molecule has 0 saturated heterocycles. The summed E-state index contributed by atoms with van der Waals surface area (Å²) >= 11 is 1.51. The van der Waals surface area contributed by atoms with Crippen molar-refractivity contribution in [1.29, 1.82) is 0 Å². The number of rotatable bonds is 3. The highest BCUT2D eigenvalue weighted by atomic mass is 32.1. The van der Waals surface area contributed by atoms with Crippen LogP contribution in [-0.4, -0.2) is 9.38 Å². The van der Waals surface area contributed by atoms with Crippen LogP contribution in [0.1, 0.15) is 11.4 Å². The van der Waals surface area contributed by atoms with Crippen LogP contribution in [0.2, 0.25) is 0 Å². The lowest BCUT2D eigenvalue weighted by atomic mass is 10.2. The number of thiazole rings is 1. The van der Waals surface area contributed by atoms with E-state index in [1.54, 1.807) is 0 Å². The van der Waals surface area contributed by atoms with E-state index in [-0.39, 0.29) is 5.69 Å². The number of hydrogen-bond acceptors (Lipinski definition) is 3. The number of nitrogens with one attached hydrogen (secondary N) is 1. The summed E-state index contributed by atoms with van der Waals surface area (Å²) in [7, 11) is 0. The second-order valence-electron chi connectivity index (χ2n) is 4.31. The smallest absolute Gasteiger partial charge is 0.194 e. The topological polar surface area (TPSA) is 29.3 Å². The van der Waals surface area contributed by atoms with Crippen LogP contribution in [0.5, 0.6) is 0 Å². The Bertz CT molecular complexity index is 755. The van der Waals surface area contributed by atoms with Gasteiger partial charge in [0.25, 0.3) is 0 Å². The van der Waals surface area contributed by atoms with Crippen molar-refractivity contribution in [3.8, 4) is 0 Å². The average molecular weight is 297 g/mol. The van der Waals surface area contributed by atoms with Crippen LogP contribution in [0, 0.1) is 24.4 Å². The van der Waals surface area contributed by atoms with E-state index >= 15 is 0 Å². The number of fused-ring (bicyclic) bond motifs is 1. The maximum Gasteiger partial charge on any atom is 0.194 e. The van der Waals surface area contributed by atoms with Crippen molar-refractivity contribution in [3.05, 3.63) is 52.5 Å². The van der Waals surface area contributed by atoms with Crippen molar-refractivity contribution < 1.29 is 13.2 Å². The van der Waals surface area contributed by atoms with Gasteiger partial charge in [0.1, 0.15) is 0 Å². The molecule has 0 radical (unpaired) electrons. The molecule has 20 heavy (non-hydrogen) atoms. The molecule has 3 aromatic rings. The zero-order valence-electron chi connectivity index (χ0n) is 10.5. The minimum atomic E-state index is -1.46. The van der Waals surface area contributed by atoms with Gasteiger partial charge in [0, 0.05) is 29.4 Å². The Morgan fingerprint density at radius 2 is 1.95 bits per heavy atom. The lowest BCUT2D eigenvalue weighted by molar-refractivity contribution is 0.447. The number of benzene rings is 1. The van der Waals surface area contributed by atoms with Crippen LogP contribution in [0.15, 0.2) is 23.7 Å². The number of imidazole rings is 1. The van der Waals surface area contributed by atoms with Gasteiger partial charge in [0.15, 0.2) is 22.4 Å². The quantitative estimate of drug-likeness (QED) is 0.746.